The zero-order chi connectivity index (χ0) is 14.2. The number of carbonyl (C=O) groups excluding carboxylic acids is 1. The Labute approximate surface area is 125 Å². The molecule has 1 aromatic carbocycles. The highest BCUT2D eigenvalue weighted by atomic mass is 127. The number of rotatable bonds is 3. The summed E-state index contributed by atoms with van der Waals surface area (Å²) in [6, 6.07) is 5.67. The van der Waals surface area contributed by atoms with E-state index in [2.05, 4.69) is 22.6 Å². The van der Waals surface area contributed by atoms with Gasteiger partial charge < -0.3 is 4.90 Å². The van der Waals surface area contributed by atoms with Crippen LogP contribution in [0.4, 0.5) is 9.57 Å². The summed E-state index contributed by atoms with van der Waals surface area (Å²) in [4.78, 5) is 13.5. The highest BCUT2D eigenvalue weighted by Gasteiger charge is 2.34. The molecule has 1 amide bonds. The van der Waals surface area contributed by atoms with Crippen LogP contribution in [0.15, 0.2) is 18.2 Å². The fourth-order valence-electron chi connectivity index (χ4n) is 2.33. The maximum Gasteiger partial charge on any atom is 0.302 e. The molecule has 1 heterocycles. The van der Waals surface area contributed by atoms with Crippen LogP contribution in [0.2, 0.25) is 0 Å². The molecule has 0 saturated carbocycles. The molecule has 2 rings (SSSR count). The Morgan fingerprint density at radius 1 is 1.47 bits per heavy atom. The van der Waals surface area contributed by atoms with E-state index >= 15 is 0 Å². The van der Waals surface area contributed by atoms with Crippen molar-refractivity contribution in [3.8, 4) is 0 Å². The van der Waals surface area contributed by atoms with Crippen LogP contribution in [0.5, 0.6) is 0 Å². The van der Waals surface area contributed by atoms with Gasteiger partial charge in [-0.3, -0.25) is 4.79 Å². The molecular weight excluding hydrogens is 384 g/mol. The topological polar surface area (TPSA) is 54.5 Å². The number of halogens is 2. The minimum Gasteiger partial charge on any atom is -0.312 e. The molecule has 1 atom stereocenters. The van der Waals surface area contributed by atoms with Crippen molar-refractivity contribution in [2.45, 2.75) is 13.3 Å². The maximum absolute atomic E-state index is 12.7. The minimum absolute atomic E-state index is 0.0780. The largest absolute Gasteiger partial charge is 0.312 e. The van der Waals surface area contributed by atoms with Gasteiger partial charge >= 0.3 is 10.2 Å². The number of hydrogen-bond acceptors (Lipinski definition) is 3. The van der Waals surface area contributed by atoms with E-state index in [-0.39, 0.29) is 18.9 Å². The second-order valence-electron chi connectivity index (χ2n) is 4.71. The van der Waals surface area contributed by atoms with Crippen LogP contribution in [-0.4, -0.2) is 26.6 Å². The first-order chi connectivity index (χ1) is 8.76. The van der Waals surface area contributed by atoms with E-state index < -0.39 is 21.9 Å². The molecule has 0 radical (unpaired) electrons. The number of hydrogen-bond donors (Lipinski definition) is 0. The van der Waals surface area contributed by atoms with Crippen LogP contribution in [0, 0.1) is 16.4 Å². The number of anilines is 1. The van der Waals surface area contributed by atoms with Gasteiger partial charge in [-0.25, -0.2) is 0 Å². The Bertz CT molecular complexity index is 617. The van der Waals surface area contributed by atoms with Gasteiger partial charge in [0.15, 0.2) is 0 Å². The molecule has 104 valence electrons. The van der Waals surface area contributed by atoms with E-state index in [9.17, 15) is 17.1 Å². The predicted octanol–water partition coefficient (Wildman–Crippen LogP) is 2.25. The van der Waals surface area contributed by atoms with Crippen molar-refractivity contribution in [2.75, 3.05) is 17.2 Å². The first-order valence-corrected chi connectivity index (χ1v) is 8.38. The van der Waals surface area contributed by atoms with Crippen molar-refractivity contribution in [2.24, 2.45) is 5.92 Å². The van der Waals surface area contributed by atoms with Crippen molar-refractivity contribution < 1.29 is 17.1 Å². The fraction of sp³-hybridized carbons (Fsp3) is 0.417. The van der Waals surface area contributed by atoms with Gasteiger partial charge in [0, 0.05) is 28.1 Å². The summed E-state index contributed by atoms with van der Waals surface area (Å²) in [5, 5.41) is 0. The fourth-order valence-corrected chi connectivity index (χ4v) is 3.76. The molecule has 1 fully saturated rings. The number of benzene rings is 1. The molecule has 0 bridgehead atoms. The molecule has 1 saturated heterocycles. The van der Waals surface area contributed by atoms with Gasteiger partial charge in [0.1, 0.15) is 0 Å². The second kappa shape index (κ2) is 5.35. The highest BCUT2D eigenvalue weighted by molar-refractivity contribution is 14.1. The van der Waals surface area contributed by atoms with Gasteiger partial charge in [-0.05, 0) is 53.3 Å². The number of carbonyl (C=O) groups is 1. The highest BCUT2D eigenvalue weighted by Crippen LogP contribution is 2.29. The standard InChI is InChI=1S/C12H13FINO3S/c1-8-4-10(14)2-3-11(8)15-6-9(5-12(15)16)7-19(13,17)18/h2-4,9H,5-7H2,1H3. The smallest absolute Gasteiger partial charge is 0.302 e. The lowest BCUT2D eigenvalue weighted by molar-refractivity contribution is -0.117. The molecule has 1 unspecified atom stereocenters. The first kappa shape index (κ1) is 14.7. The first-order valence-electron chi connectivity index (χ1n) is 5.75. The van der Waals surface area contributed by atoms with Crippen LogP contribution in [0.3, 0.4) is 0 Å². The lowest BCUT2D eigenvalue weighted by atomic mass is 10.1. The van der Waals surface area contributed by atoms with E-state index in [0.717, 1.165) is 14.8 Å². The van der Waals surface area contributed by atoms with Crippen molar-refractivity contribution in [1.82, 2.24) is 0 Å². The van der Waals surface area contributed by atoms with Crippen LogP contribution in [0.1, 0.15) is 12.0 Å². The zero-order valence-electron chi connectivity index (χ0n) is 10.3. The molecule has 0 N–H and O–H groups in total. The molecule has 7 heteroatoms. The minimum atomic E-state index is -4.53. The van der Waals surface area contributed by atoms with Crippen LogP contribution in [0.25, 0.3) is 0 Å². The SMILES string of the molecule is Cc1cc(I)ccc1N1CC(CS(=O)(=O)F)CC1=O. The Balaban J connectivity index is 2.20. The normalized spacial score (nSPS) is 20.1. The summed E-state index contributed by atoms with van der Waals surface area (Å²) in [6.07, 6.45) is 0.0780. The Morgan fingerprint density at radius 3 is 2.74 bits per heavy atom. The average molecular weight is 397 g/mol. The Morgan fingerprint density at radius 2 is 2.16 bits per heavy atom. The summed E-state index contributed by atoms with van der Waals surface area (Å²) < 4.78 is 35.0. The molecule has 0 aromatic heterocycles. The summed E-state index contributed by atoms with van der Waals surface area (Å²) in [5.74, 6) is -1.21. The van der Waals surface area contributed by atoms with Gasteiger partial charge in [0.25, 0.3) is 0 Å². The Hall–Kier alpha value is -0.700. The molecular formula is C12H13FINO3S. The van der Waals surface area contributed by atoms with Crippen LogP contribution < -0.4 is 4.90 Å². The van der Waals surface area contributed by atoms with Gasteiger partial charge in [-0.1, -0.05) is 0 Å². The van der Waals surface area contributed by atoms with Gasteiger partial charge in [0.05, 0.1) is 5.75 Å². The average Bonchev–Trinajstić information content (AvgIpc) is 2.56. The van der Waals surface area contributed by atoms with Crippen molar-refractivity contribution in [3.63, 3.8) is 0 Å². The van der Waals surface area contributed by atoms with E-state index in [4.69, 9.17) is 0 Å². The Kier molecular flexibility index (Phi) is 4.14. The number of nitrogens with zero attached hydrogens (tertiary/aromatic N) is 1. The van der Waals surface area contributed by atoms with E-state index in [1.54, 1.807) is 4.90 Å². The monoisotopic (exact) mass is 397 g/mol. The molecule has 19 heavy (non-hydrogen) atoms. The summed E-state index contributed by atoms with van der Waals surface area (Å²) in [6.45, 7) is 2.15. The van der Waals surface area contributed by atoms with E-state index in [0.29, 0.717) is 0 Å². The summed E-state index contributed by atoms with van der Waals surface area (Å²) >= 11 is 2.18. The molecule has 1 aliphatic rings. The third-order valence-corrected chi connectivity index (χ3v) is 4.63. The molecule has 0 aliphatic carbocycles. The number of amides is 1. The molecule has 1 aliphatic heterocycles. The van der Waals surface area contributed by atoms with Crippen molar-refractivity contribution >= 4 is 44.4 Å². The second-order valence-corrected chi connectivity index (χ2v) is 7.37. The van der Waals surface area contributed by atoms with Crippen molar-refractivity contribution in [3.05, 3.63) is 27.3 Å². The van der Waals surface area contributed by atoms with E-state index in [1.807, 2.05) is 25.1 Å². The lowest BCUT2D eigenvalue weighted by Gasteiger charge is -2.19. The summed E-state index contributed by atoms with van der Waals surface area (Å²) in [5.41, 5.74) is 1.72. The van der Waals surface area contributed by atoms with Crippen LogP contribution >= 0.6 is 22.6 Å². The lowest BCUT2D eigenvalue weighted by Crippen LogP contribution is -2.26. The third kappa shape index (κ3) is 3.65. The van der Waals surface area contributed by atoms with Crippen LogP contribution in [-0.2, 0) is 15.0 Å². The summed E-state index contributed by atoms with van der Waals surface area (Å²) in [7, 11) is -4.53. The predicted molar refractivity (Wildman–Crippen MR) is 79.3 cm³/mol. The number of aryl methyl sites for hydroxylation is 1. The van der Waals surface area contributed by atoms with E-state index in [1.165, 1.54) is 0 Å². The van der Waals surface area contributed by atoms with Crippen molar-refractivity contribution in [1.29, 1.82) is 0 Å². The molecule has 4 nitrogen and oxygen atoms in total. The zero-order valence-corrected chi connectivity index (χ0v) is 13.2. The van der Waals surface area contributed by atoms with Gasteiger partial charge in [0.2, 0.25) is 5.91 Å². The van der Waals surface area contributed by atoms with Gasteiger partial charge in [-0.2, -0.15) is 8.42 Å². The molecule has 1 aromatic rings. The maximum atomic E-state index is 12.7. The molecule has 0 spiro atoms. The quantitative estimate of drug-likeness (QED) is 0.581. The van der Waals surface area contributed by atoms with Gasteiger partial charge in [-0.15, -0.1) is 3.89 Å². The third-order valence-electron chi connectivity index (χ3n) is 3.09.